The third kappa shape index (κ3) is 0.981. The highest BCUT2D eigenvalue weighted by Crippen LogP contribution is 2.09. The Bertz CT molecular complexity index is 389. The molecule has 0 N–H and O–H groups in total. The Balaban J connectivity index is 2.82. The second-order valence-electron chi connectivity index (χ2n) is 2.73. The van der Waals surface area contributed by atoms with Crippen LogP contribution in [0.4, 0.5) is 0 Å². The van der Waals surface area contributed by atoms with Crippen LogP contribution in [-0.4, -0.2) is 14.8 Å². The molecular weight excluding hydrogens is 138 g/mol. The Morgan fingerprint density at radius 2 is 2.27 bits per heavy atom. The zero-order valence-corrected chi connectivity index (χ0v) is 6.57. The Morgan fingerprint density at radius 1 is 1.45 bits per heavy atom. The van der Waals surface area contributed by atoms with Gasteiger partial charge in [-0.05, 0) is 18.6 Å². The molecule has 0 atom stereocenters. The summed E-state index contributed by atoms with van der Waals surface area (Å²) in [6.07, 6.45) is 3.80. The molecule has 0 aliphatic carbocycles. The van der Waals surface area contributed by atoms with Gasteiger partial charge in [0.05, 0.1) is 0 Å². The van der Waals surface area contributed by atoms with Crippen LogP contribution in [0.2, 0.25) is 0 Å². The summed E-state index contributed by atoms with van der Waals surface area (Å²) in [4.78, 5) is 4.17. The van der Waals surface area contributed by atoms with E-state index in [9.17, 15) is 0 Å². The van der Waals surface area contributed by atoms with Crippen molar-refractivity contribution in [2.24, 2.45) is 7.05 Å². The Hall–Kier alpha value is -1.38. The quantitative estimate of drug-likeness (QED) is 0.562. The van der Waals surface area contributed by atoms with E-state index in [0.29, 0.717) is 0 Å². The summed E-state index contributed by atoms with van der Waals surface area (Å²) in [7, 11) is 1.90. The minimum Gasteiger partial charge on any atom is -0.273 e. The predicted molar refractivity (Wildman–Crippen MR) is 43.2 cm³/mol. The highest BCUT2D eigenvalue weighted by atomic mass is 15.3. The number of aromatic nitrogens is 3. The van der Waals surface area contributed by atoms with E-state index in [1.54, 1.807) is 4.68 Å². The molecule has 3 heteroatoms. The van der Waals surface area contributed by atoms with E-state index in [4.69, 9.17) is 0 Å². The van der Waals surface area contributed by atoms with Crippen molar-refractivity contribution in [1.29, 1.82) is 0 Å². The molecule has 2 rings (SSSR count). The van der Waals surface area contributed by atoms with Gasteiger partial charge in [0, 0.05) is 24.8 Å². The summed E-state index contributed by atoms with van der Waals surface area (Å²) in [6, 6.07) is 2.08. The van der Waals surface area contributed by atoms with Crippen LogP contribution < -0.4 is 0 Å². The highest BCUT2D eigenvalue weighted by Gasteiger charge is 1.97. The van der Waals surface area contributed by atoms with E-state index in [1.807, 2.05) is 26.4 Å². The molecule has 2 aromatic heterocycles. The lowest BCUT2D eigenvalue weighted by Gasteiger charge is -1.87. The summed E-state index contributed by atoms with van der Waals surface area (Å²) < 4.78 is 1.77. The molecule has 0 amide bonds. The van der Waals surface area contributed by atoms with Crippen molar-refractivity contribution in [2.75, 3.05) is 0 Å². The van der Waals surface area contributed by atoms with Crippen molar-refractivity contribution < 1.29 is 0 Å². The zero-order valence-electron chi connectivity index (χ0n) is 6.57. The first-order chi connectivity index (χ1) is 5.25. The fourth-order valence-corrected chi connectivity index (χ4v) is 1.14. The molecule has 56 valence electrons. The first-order valence-electron chi connectivity index (χ1n) is 3.52. The van der Waals surface area contributed by atoms with Crippen LogP contribution in [0.15, 0.2) is 18.5 Å². The van der Waals surface area contributed by atoms with Gasteiger partial charge in [-0.3, -0.25) is 4.68 Å². The van der Waals surface area contributed by atoms with Crippen molar-refractivity contribution >= 4 is 11.0 Å². The van der Waals surface area contributed by atoms with Crippen molar-refractivity contribution in [2.45, 2.75) is 6.92 Å². The highest BCUT2D eigenvalue weighted by molar-refractivity contribution is 5.74. The first-order valence-corrected chi connectivity index (χ1v) is 3.52. The van der Waals surface area contributed by atoms with Gasteiger partial charge in [0.1, 0.15) is 0 Å². The molecule has 0 bridgehead atoms. The second kappa shape index (κ2) is 2.05. The molecule has 0 radical (unpaired) electrons. The lowest BCUT2D eigenvalue weighted by atomic mass is 10.3. The summed E-state index contributed by atoms with van der Waals surface area (Å²) in [5.74, 6) is 0. The van der Waals surface area contributed by atoms with Crippen LogP contribution in [0.3, 0.4) is 0 Å². The molecule has 0 unspecified atom stereocenters. The van der Waals surface area contributed by atoms with E-state index in [-0.39, 0.29) is 0 Å². The molecule has 0 spiro atoms. The van der Waals surface area contributed by atoms with E-state index in [1.165, 1.54) is 5.56 Å². The summed E-state index contributed by atoms with van der Waals surface area (Å²) in [6.45, 7) is 2.03. The number of nitrogens with zero attached hydrogens (tertiary/aromatic N) is 3. The standard InChI is InChI=1S/C8H9N3/c1-6-3-7-5-11(2)10-8(7)9-4-6/h3-5H,1-2H3. The van der Waals surface area contributed by atoms with Crippen molar-refractivity contribution in [3.8, 4) is 0 Å². The first kappa shape index (κ1) is 6.34. The van der Waals surface area contributed by atoms with Crippen LogP contribution in [0.25, 0.3) is 11.0 Å². The number of aryl methyl sites for hydroxylation is 2. The van der Waals surface area contributed by atoms with Crippen molar-refractivity contribution in [3.63, 3.8) is 0 Å². The Labute approximate surface area is 64.7 Å². The second-order valence-corrected chi connectivity index (χ2v) is 2.73. The SMILES string of the molecule is Cc1cnc2nn(C)cc2c1. The average molecular weight is 147 g/mol. The van der Waals surface area contributed by atoms with Gasteiger partial charge in [0.2, 0.25) is 0 Å². The number of pyridine rings is 1. The third-order valence-electron chi connectivity index (χ3n) is 1.61. The lowest BCUT2D eigenvalue weighted by Crippen LogP contribution is -1.85. The van der Waals surface area contributed by atoms with Crippen LogP contribution in [0.1, 0.15) is 5.56 Å². The van der Waals surface area contributed by atoms with Crippen molar-refractivity contribution in [1.82, 2.24) is 14.8 Å². The maximum atomic E-state index is 4.17. The molecule has 0 saturated heterocycles. The molecule has 3 nitrogen and oxygen atoms in total. The summed E-state index contributed by atoms with van der Waals surface area (Å²) >= 11 is 0. The monoisotopic (exact) mass is 147 g/mol. The van der Waals surface area contributed by atoms with Crippen LogP contribution in [0.5, 0.6) is 0 Å². The van der Waals surface area contributed by atoms with Crippen LogP contribution in [0, 0.1) is 6.92 Å². The number of hydrogen-bond acceptors (Lipinski definition) is 2. The van der Waals surface area contributed by atoms with Gasteiger partial charge in [-0.2, -0.15) is 5.10 Å². The van der Waals surface area contributed by atoms with Gasteiger partial charge < -0.3 is 0 Å². The predicted octanol–water partition coefficient (Wildman–Crippen LogP) is 1.28. The van der Waals surface area contributed by atoms with Gasteiger partial charge in [-0.1, -0.05) is 0 Å². The smallest absolute Gasteiger partial charge is 0.181 e. The van der Waals surface area contributed by atoms with E-state index >= 15 is 0 Å². The van der Waals surface area contributed by atoms with E-state index < -0.39 is 0 Å². The van der Waals surface area contributed by atoms with Crippen LogP contribution in [-0.2, 0) is 7.05 Å². The maximum absolute atomic E-state index is 4.17. The molecule has 0 aliphatic rings. The normalized spacial score (nSPS) is 10.7. The molecule has 0 fully saturated rings. The topological polar surface area (TPSA) is 30.7 Å². The van der Waals surface area contributed by atoms with Gasteiger partial charge >= 0.3 is 0 Å². The number of rotatable bonds is 0. The Morgan fingerprint density at radius 3 is 3.09 bits per heavy atom. The fraction of sp³-hybridized carbons (Fsp3) is 0.250. The molecular formula is C8H9N3. The van der Waals surface area contributed by atoms with Gasteiger partial charge in [-0.25, -0.2) is 4.98 Å². The molecule has 2 heterocycles. The van der Waals surface area contributed by atoms with Crippen molar-refractivity contribution in [3.05, 3.63) is 24.0 Å². The molecule has 0 aromatic carbocycles. The average Bonchev–Trinajstić information content (AvgIpc) is 2.27. The zero-order chi connectivity index (χ0) is 7.84. The van der Waals surface area contributed by atoms with Gasteiger partial charge in [0.15, 0.2) is 5.65 Å². The number of fused-ring (bicyclic) bond motifs is 1. The molecule has 11 heavy (non-hydrogen) atoms. The summed E-state index contributed by atoms with van der Waals surface area (Å²) in [5, 5.41) is 5.26. The number of hydrogen-bond donors (Lipinski definition) is 0. The third-order valence-corrected chi connectivity index (χ3v) is 1.61. The molecule has 0 saturated carbocycles. The van der Waals surface area contributed by atoms with E-state index in [2.05, 4.69) is 16.1 Å². The lowest BCUT2D eigenvalue weighted by molar-refractivity contribution is 0.776. The largest absolute Gasteiger partial charge is 0.273 e. The van der Waals surface area contributed by atoms with E-state index in [0.717, 1.165) is 11.0 Å². The Kier molecular flexibility index (Phi) is 1.18. The van der Waals surface area contributed by atoms with Gasteiger partial charge in [-0.15, -0.1) is 0 Å². The maximum Gasteiger partial charge on any atom is 0.181 e. The minimum atomic E-state index is 0.818. The summed E-state index contributed by atoms with van der Waals surface area (Å²) in [5.41, 5.74) is 1.99. The molecule has 0 aliphatic heterocycles. The minimum absolute atomic E-state index is 0.818. The molecule has 2 aromatic rings. The fourth-order valence-electron chi connectivity index (χ4n) is 1.14. The van der Waals surface area contributed by atoms with Crippen LogP contribution >= 0.6 is 0 Å². The van der Waals surface area contributed by atoms with Gasteiger partial charge in [0.25, 0.3) is 0 Å².